The Kier molecular flexibility index (Phi) is 17.3. The summed E-state index contributed by atoms with van der Waals surface area (Å²) in [5, 5.41) is 0. The Bertz CT molecular complexity index is 2350. The lowest BCUT2D eigenvalue weighted by Crippen LogP contribution is -2.21. The number of benzene rings is 2. The third kappa shape index (κ3) is 14.1. The maximum atomic E-state index is 13.5. The molecule has 14 heteroatoms. The number of carbonyl (C=O) groups is 2. The van der Waals surface area contributed by atoms with Gasteiger partial charge in [0.25, 0.3) is 0 Å². The molecule has 4 aromatic rings. The lowest BCUT2D eigenvalue weighted by atomic mass is 9.83. The van der Waals surface area contributed by atoms with Crippen LogP contribution < -0.4 is 5.44 Å². The van der Waals surface area contributed by atoms with E-state index in [1.54, 1.807) is 80.6 Å². The van der Waals surface area contributed by atoms with Crippen LogP contribution in [0.5, 0.6) is 0 Å². The fourth-order valence-electron chi connectivity index (χ4n) is 8.49. The molecule has 0 N–H and O–H groups in total. The highest BCUT2D eigenvalue weighted by molar-refractivity contribution is 7.91. The van der Waals surface area contributed by atoms with Gasteiger partial charge in [0.2, 0.25) is 0 Å². The number of Topliss-reactive ketones (excluding diaryl/α,β-unsaturated/α-hetero) is 2. The largest absolute Gasteiger partial charge is 0.379 e. The number of rotatable bonds is 19. The van der Waals surface area contributed by atoms with Crippen LogP contribution in [0.3, 0.4) is 0 Å². The third-order valence-corrected chi connectivity index (χ3v) is 15.9. The Morgan fingerprint density at radius 1 is 0.623 bits per heavy atom. The van der Waals surface area contributed by atoms with Crippen LogP contribution in [0, 0.1) is 18.8 Å². The van der Waals surface area contributed by atoms with Gasteiger partial charge in [-0.2, -0.15) is 0 Å². The smallest absolute Gasteiger partial charge is 0.304 e. The second-order valence-corrected chi connectivity index (χ2v) is 22.4. The molecule has 11 nitrogen and oxygen atoms in total. The summed E-state index contributed by atoms with van der Waals surface area (Å²) >= 11 is 0. The summed E-state index contributed by atoms with van der Waals surface area (Å²) in [5.74, 6) is 0.646. The highest BCUT2D eigenvalue weighted by Gasteiger charge is 2.31. The minimum atomic E-state index is -3.55. The van der Waals surface area contributed by atoms with E-state index in [2.05, 4.69) is 9.97 Å². The second-order valence-electron chi connectivity index (χ2n) is 16.4. The van der Waals surface area contributed by atoms with Gasteiger partial charge < -0.3 is 9.05 Å². The van der Waals surface area contributed by atoms with Crippen molar-refractivity contribution in [2.45, 2.75) is 119 Å². The van der Waals surface area contributed by atoms with Crippen molar-refractivity contribution in [1.82, 2.24) is 9.97 Å². The predicted molar refractivity (Wildman–Crippen MR) is 239 cm³/mol. The number of carbonyl (C=O) groups excluding carboxylic acids is 2. The summed E-state index contributed by atoms with van der Waals surface area (Å²) in [5.41, 5.74) is 4.13. The molecule has 61 heavy (non-hydrogen) atoms. The summed E-state index contributed by atoms with van der Waals surface area (Å²) in [4.78, 5) is 36.1. The number of nitrogens with zero attached hydrogens (tertiary/aromatic N) is 2. The third-order valence-electron chi connectivity index (χ3n) is 11.6. The van der Waals surface area contributed by atoms with E-state index in [-0.39, 0.29) is 53.4 Å². The van der Waals surface area contributed by atoms with Gasteiger partial charge in [0.15, 0.2) is 25.1 Å². The van der Waals surface area contributed by atoms with Crippen LogP contribution in [0.25, 0.3) is 0 Å². The van der Waals surface area contributed by atoms with Gasteiger partial charge in [0, 0.05) is 54.3 Å². The fourth-order valence-corrected chi connectivity index (χ4v) is 11.3. The topological polar surface area (TPSA) is 164 Å². The van der Waals surface area contributed by atoms with Gasteiger partial charge in [0.1, 0.15) is 11.6 Å². The molecule has 0 unspecified atom stereocenters. The van der Waals surface area contributed by atoms with Crippen LogP contribution in [0.2, 0.25) is 0 Å². The molecule has 0 saturated heterocycles. The molecule has 2 saturated carbocycles. The van der Waals surface area contributed by atoms with E-state index in [0.717, 1.165) is 48.2 Å². The van der Waals surface area contributed by atoms with E-state index in [9.17, 15) is 31.0 Å². The van der Waals surface area contributed by atoms with E-state index in [4.69, 9.17) is 9.05 Å². The molecule has 0 radical (unpaired) electrons. The molecule has 2 atom stereocenters. The molecule has 0 amide bonds. The average Bonchev–Trinajstić information content (AvgIpc) is 3.94. The molecule has 6 rings (SSSR count). The lowest BCUT2D eigenvalue weighted by Gasteiger charge is -2.21. The van der Waals surface area contributed by atoms with E-state index in [1.165, 1.54) is 51.0 Å². The number of ketones is 2. The molecular weight excluding hydrogens is 832 g/mol. The molecule has 2 heterocycles. The first-order valence-corrected chi connectivity index (χ1v) is 26.7. The molecule has 0 bridgehead atoms. The van der Waals surface area contributed by atoms with Crippen molar-refractivity contribution in [1.29, 1.82) is 0 Å². The highest BCUT2D eigenvalue weighted by Crippen LogP contribution is 2.46. The molecule has 0 spiro atoms. The highest BCUT2D eigenvalue weighted by atomic mass is 32.2. The van der Waals surface area contributed by atoms with Gasteiger partial charge in [0.05, 0.1) is 23.0 Å². The van der Waals surface area contributed by atoms with Crippen LogP contribution >= 0.6 is 7.60 Å². The Morgan fingerprint density at radius 2 is 1.02 bits per heavy atom. The van der Waals surface area contributed by atoms with Crippen molar-refractivity contribution >= 4 is 44.3 Å². The Hall–Kier alpha value is -3.87. The maximum absolute atomic E-state index is 13.5. The molecule has 2 fully saturated rings. The van der Waals surface area contributed by atoms with Crippen molar-refractivity contribution in [3.05, 3.63) is 113 Å². The van der Waals surface area contributed by atoms with E-state index in [0.29, 0.717) is 28.8 Å². The normalized spacial score (nSPS) is 16.1. The SMILES string of the molecule is CCOP(=O)(OCC)c1cccc(CC(=O)[C@H](CC2CCCC2)c2ccc(S(C)(=O)=O)cc2)n1.Cc1cccc(CC(=O)[C@H](CC2CCCC2)c2ccc(S(C)(=O)=O)cc2)n1. The zero-order chi connectivity index (χ0) is 44.2. The van der Waals surface area contributed by atoms with E-state index < -0.39 is 27.3 Å². The first-order chi connectivity index (χ1) is 29.0. The first kappa shape index (κ1) is 48.2. The lowest BCUT2D eigenvalue weighted by molar-refractivity contribution is -0.121. The van der Waals surface area contributed by atoms with Gasteiger partial charge in [-0.1, -0.05) is 87.8 Å². The van der Waals surface area contributed by atoms with Crippen LogP contribution in [-0.2, 0) is 55.7 Å². The van der Waals surface area contributed by atoms with Crippen molar-refractivity contribution in [2.24, 2.45) is 11.8 Å². The van der Waals surface area contributed by atoms with E-state index >= 15 is 0 Å². The Labute approximate surface area is 362 Å². The second kappa shape index (κ2) is 22.0. The summed E-state index contributed by atoms with van der Waals surface area (Å²) in [6, 6.07) is 24.3. The summed E-state index contributed by atoms with van der Waals surface area (Å²) < 4.78 is 71.1. The Morgan fingerprint density at radius 3 is 1.39 bits per heavy atom. The Balaban J connectivity index is 0.000000237. The molecule has 2 aliphatic carbocycles. The van der Waals surface area contributed by atoms with Crippen LogP contribution in [0.1, 0.15) is 118 Å². The minimum Gasteiger partial charge on any atom is -0.304 e. The quantitative estimate of drug-likeness (QED) is 0.0825. The molecule has 330 valence electrons. The van der Waals surface area contributed by atoms with Crippen molar-refractivity contribution in [3.63, 3.8) is 0 Å². The first-order valence-electron chi connectivity index (χ1n) is 21.4. The molecule has 2 aromatic heterocycles. The van der Waals surface area contributed by atoms with Gasteiger partial charge in [-0.05, 0) is 105 Å². The van der Waals surface area contributed by atoms with Gasteiger partial charge in [-0.15, -0.1) is 0 Å². The monoisotopic (exact) mass is 892 g/mol. The van der Waals surface area contributed by atoms with Crippen LogP contribution in [-0.4, -0.2) is 64.1 Å². The fraction of sp³-hybridized carbons (Fsp3) is 0.489. The zero-order valence-corrected chi connectivity index (χ0v) is 38.7. The minimum absolute atomic E-state index is 0.00584. The number of aromatic nitrogens is 2. The molecular formula is C47H61N2O9PS2. The van der Waals surface area contributed by atoms with Gasteiger partial charge >= 0.3 is 7.60 Å². The summed E-state index contributed by atoms with van der Waals surface area (Å²) in [6.45, 7) is 5.83. The van der Waals surface area contributed by atoms with Crippen molar-refractivity contribution in [2.75, 3.05) is 25.7 Å². The van der Waals surface area contributed by atoms with Gasteiger partial charge in [-0.25, -0.2) is 21.8 Å². The number of pyridine rings is 2. The average molecular weight is 893 g/mol. The van der Waals surface area contributed by atoms with Crippen LogP contribution in [0.15, 0.2) is 94.7 Å². The van der Waals surface area contributed by atoms with Crippen molar-refractivity contribution < 1.29 is 40.0 Å². The predicted octanol–water partition coefficient (Wildman–Crippen LogP) is 9.12. The molecule has 2 aromatic carbocycles. The number of sulfone groups is 2. The number of hydrogen-bond donors (Lipinski definition) is 0. The number of hydrogen-bond acceptors (Lipinski definition) is 11. The molecule has 2 aliphatic rings. The molecule has 0 aliphatic heterocycles. The standard InChI is InChI=1S/C25H34NO6PS.C22H27NO3S/c1-4-31-33(28,32-5-2)25-12-8-11-21(26-25)18-24(27)23(17-19-9-6-7-10-19)20-13-15-22(16-14-20)34(3,29)30;1-16-6-5-9-19(23-16)15-22(24)21(14-17-7-3-4-8-17)18-10-12-20(13-11-18)27(2,25)26/h8,11-16,19,23H,4-7,9-10,17-18H2,1-3H3;5-6,9-13,17,21H,3-4,7-8,14-15H2,1-2H3/t23-;21-/m11/s1. The zero-order valence-electron chi connectivity index (χ0n) is 36.1. The summed E-state index contributed by atoms with van der Waals surface area (Å²) in [7, 11) is -10.1. The summed E-state index contributed by atoms with van der Waals surface area (Å²) in [6.07, 6.45) is 13.7. The van der Waals surface area contributed by atoms with E-state index in [1.807, 2.05) is 25.1 Å². The van der Waals surface area contributed by atoms with Crippen LogP contribution in [0.4, 0.5) is 0 Å². The van der Waals surface area contributed by atoms with Gasteiger partial charge in [-0.3, -0.25) is 19.1 Å². The number of aryl methyl sites for hydroxylation is 1. The maximum Gasteiger partial charge on any atom is 0.379 e. The van der Waals surface area contributed by atoms with Crippen molar-refractivity contribution in [3.8, 4) is 0 Å².